The smallest absolute Gasteiger partial charge is 0.411 e. The lowest BCUT2D eigenvalue weighted by Crippen LogP contribution is -2.51. The number of nitrogens with one attached hydrogen (secondary N) is 1. The zero-order valence-corrected chi connectivity index (χ0v) is 25.5. The van der Waals surface area contributed by atoms with Gasteiger partial charge in [0.2, 0.25) is 0 Å². The lowest BCUT2D eigenvalue weighted by molar-refractivity contribution is -0.150. The highest BCUT2D eigenvalue weighted by molar-refractivity contribution is 6.10. The fourth-order valence-corrected chi connectivity index (χ4v) is 5.95. The topological polar surface area (TPSA) is 141 Å². The second-order valence-corrected chi connectivity index (χ2v) is 12.4. The van der Waals surface area contributed by atoms with Crippen molar-refractivity contribution < 1.29 is 42.6 Å². The maximum atomic E-state index is 13.1. The minimum absolute atomic E-state index is 0.0198. The van der Waals surface area contributed by atoms with E-state index in [9.17, 15) is 24.0 Å². The molecule has 0 radical (unpaired) electrons. The van der Waals surface area contributed by atoms with Crippen LogP contribution in [0.2, 0.25) is 0 Å². The molecule has 234 valence electrons. The van der Waals surface area contributed by atoms with E-state index in [-0.39, 0.29) is 30.9 Å². The predicted octanol–water partition coefficient (Wildman–Crippen LogP) is 4.83. The van der Waals surface area contributed by atoms with Gasteiger partial charge in [0.25, 0.3) is 0 Å². The molecule has 11 heteroatoms. The zero-order valence-electron chi connectivity index (χ0n) is 25.5. The number of ketones is 2. The number of carbonyl (C=O) groups is 5. The number of hydrogen-bond acceptors (Lipinski definition) is 10. The number of fused-ring (bicyclic) bond motifs is 5. The number of ether oxygens (including phenoxy) is 3. The normalized spacial score (nSPS) is 19.4. The molecular weight excluding hydrogens is 568 g/mol. The second kappa shape index (κ2) is 12.8. The van der Waals surface area contributed by atoms with Crippen molar-refractivity contribution in [2.45, 2.75) is 71.1 Å². The SMILES string of the molecule is CCCNCC(=O)OCC(=O)c1ccc2c(c1)oc1cc(C(=O)COC(=O)[C@@H]3[C@H]4CC[C@H](C4)N3C(=O)OC(C)(C)C)ccc12. The monoisotopic (exact) mass is 606 g/mol. The van der Waals surface area contributed by atoms with Gasteiger partial charge in [-0.1, -0.05) is 19.1 Å². The molecule has 0 spiro atoms. The van der Waals surface area contributed by atoms with Crippen LogP contribution in [0.3, 0.4) is 0 Å². The Kier molecular flexibility index (Phi) is 9.05. The van der Waals surface area contributed by atoms with Crippen LogP contribution in [-0.2, 0) is 23.8 Å². The first-order chi connectivity index (χ1) is 20.9. The van der Waals surface area contributed by atoms with Crippen molar-refractivity contribution in [2.24, 2.45) is 5.92 Å². The number of piperidine rings is 1. The van der Waals surface area contributed by atoms with E-state index in [4.69, 9.17) is 18.6 Å². The fraction of sp³-hybridized carbons (Fsp3) is 0.485. The van der Waals surface area contributed by atoms with Gasteiger partial charge in [0.05, 0.1) is 6.54 Å². The summed E-state index contributed by atoms with van der Waals surface area (Å²) in [6.45, 7) is 7.16. The van der Waals surface area contributed by atoms with Gasteiger partial charge in [-0.15, -0.1) is 0 Å². The van der Waals surface area contributed by atoms with Crippen LogP contribution < -0.4 is 5.32 Å². The van der Waals surface area contributed by atoms with Gasteiger partial charge in [0, 0.05) is 27.9 Å². The minimum atomic E-state index is -0.771. The third kappa shape index (κ3) is 6.77. The number of hydrogen-bond donors (Lipinski definition) is 1. The van der Waals surface area contributed by atoms with Crippen molar-refractivity contribution in [3.63, 3.8) is 0 Å². The predicted molar refractivity (Wildman–Crippen MR) is 160 cm³/mol. The van der Waals surface area contributed by atoms with Gasteiger partial charge in [-0.05, 0) is 83.2 Å². The Morgan fingerprint density at radius 1 is 0.909 bits per heavy atom. The number of rotatable bonds is 11. The van der Waals surface area contributed by atoms with E-state index in [2.05, 4.69) is 5.32 Å². The van der Waals surface area contributed by atoms with Crippen LogP contribution in [-0.4, -0.2) is 78.5 Å². The van der Waals surface area contributed by atoms with Gasteiger partial charge in [-0.25, -0.2) is 9.59 Å². The van der Waals surface area contributed by atoms with Crippen molar-refractivity contribution in [3.05, 3.63) is 47.5 Å². The molecule has 1 saturated carbocycles. The lowest BCUT2D eigenvalue weighted by atomic mass is 9.99. The molecule has 1 saturated heterocycles. The summed E-state index contributed by atoms with van der Waals surface area (Å²) in [5.41, 5.74) is 0.794. The zero-order chi connectivity index (χ0) is 31.6. The molecule has 2 fully saturated rings. The van der Waals surface area contributed by atoms with Gasteiger partial charge < -0.3 is 23.9 Å². The largest absolute Gasteiger partial charge is 0.456 e. The molecule has 1 amide bonds. The van der Waals surface area contributed by atoms with Crippen molar-refractivity contribution in [2.75, 3.05) is 26.3 Å². The number of carbonyl (C=O) groups excluding carboxylic acids is 5. The van der Waals surface area contributed by atoms with Crippen LogP contribution >= 0.6 is 0 Å². The molecule has 2 aliphatic rings. The first-order valence-corrected chi connectivity index (χ1v) is 15.0. The standard InChI is InChI=1S/C33H38N2O9/c1-5-12-34-16-29(38)41-17-25(36)19-7-10-23-24-11-8-20(15-28(24)43-27(23)14-19)26(37)18-42-31(39)30-21-6-9-22(13-21)35(30)32(40)44-33(2,3)4/h7-8,10-11,14-15,21-22,30,34H,5-6,9,12-13,16-18H2,1-4H3/t21-,22+,30-/m0/s1. The van der Waals surface area contributed by atoms with Crippen LogP contribution in [0.4, 0.5) is 4.79 Å². The summed E-state index contributed by atoms with van der Waals surface area (Å²) in [6, 6.07) is 9.06. The van der Waals surface area contributed by atoms with Gasteiger partial charge >= 0.3 is 18.0 Å². The maximum absolute atomic E-state index is 13.1. The summed E-state index contributed by atoms with van der Waals surface area (Å²) in [5.74, 6) is -1.92. The fourth-order valence-electron chi connectivity index (χ4n) is 5.95. The van der Waals surface area contributed by atoms with E-state index in [0.717, 1.165) is 30.0 Å². The molecule has 5 rings (SSSR count). The first kappa shape index (κ1) is 31.2. The van der Waals surface area contributed by atoms with Crippen LogP contribution in [0.25, 0.3) is 21.9 Å². The molecule has 11 nitrogen and oxygen atoms in total. The van der Waals surface area contributed by atoms with Crippen LogP contribution in [0, 0.1) is 5.92 Å². The van der Waals surface area contributed by atoms with Crippen LogP contribution in [0.5, 0.6) is 0 Å². The third-order valence-electron chi connectivity index (χ3n) is 7.95. The molecule has 2 heterocycles. The molecule has 1 aliphatic heterocycles. The second-order valence-electron chi connectivity index (χ2n) is 12.4. The Bertz CT molecular complexity index is 1600. The van der Waals surface area contributed by atoms with Crippen molar-refractivity contribution in [3.8, 4) is 0 Å². The van der Waals surface area contributed by atoms with E-state index >= 15 is 0 Å². The molecule has 1 aliphatic carbocycles. The highest BCUT2D eigenvalue weighted by Gasteiger charge is 2.53. The van der Waals surface area contributed by atoms with Gasteiger partial charge in [0.1, 0.15) is 22.8 Å². The molecule has 0 unspecified atom stereocenters. The van der Waals surface area contributed by atoms with E-state index in [1.54, 1.807) is 57.2 Å². The van der Waals surface area contributed by atoms with Crippen molar-refractivity contribution in [1.82, 2.24) is 10.2 Å². The van der Waals surface area contributed by atoms with Crippen molar-refractivity contribution in [1.29, 1.82) is 0 Å². The molecule has 44 heavy (non-hydrogen) atoms. The number of amides is 1. The van der Waals surface area contributed by atoms with E-state index < -0.39 is 42.1 Å². The Balaban J connectivity index is 1.22. The lowest BCUT2D eigenvalue weighted by Gasteiger charge is -2.35. The highest BCUT2D eigenvalue weighted by atomic mass is 16.6. The summed E-state index contributed by atoms with van der Waals surface area (Å²) < 4.78 is 22.0. The van der Waals surface area contributed by atoms with Gasteiger partial charge in [-0.2, -0.15) is 0 Å². The average molecular weight is 607 g/mol. The number of Topliss-reactive ketones (excluding diaryl/α,β-unsaturated/α-hetero) is 2. The summed E-state index contributed by atoms with van der Waals surface area (Å²) >= 11 is 0. The molecule has 3 atom stereocenters. The number of benzene rings is 2. The van der Waals surface area contributed by atoms with Crippen LogP contribution in [0.1, 0.15) is 74.1 Å². The minimum Gasteiger partial charge on any atom is -0.456 e. The Morgan fingerprint density at radius 2 is 1.52 bits per heavy atom. The third-order valence-corrected chi connectivity index (χ3v) is 7.95. The summed E-state index contributed by atoms with van der Waals surface area (Å²) in [7, 11) is 0. The molecule has 2 aromatic carbocycles. The number of likely N-dealkylation sites (tertiary alicyclic amines) is 1. The van der Waals surface area contributed by atoms with E-state index in [1.807, 2.05) is 6.92 Å². The molecule has 2 bridgehead atoms. The Labute approximate surface area is 255 Å². The van der Waals surface area contributed by atoms with E-state index in [0.29, 0.717) is 35.3 Å². The highest BCUT2D eigenvalue weighted by Crippen LogP contribution is 2.43. The first-order valence-electron chi connectivity index (χ1n) is 15.0. The average Bonchev–Trinajstić information content (AvgIpc) is 3.70. The molecular formula is C33H38N2O9. The number of esters is 2. The van der Waals surface area contributed by atoms with Gasteiger partial charge in [-0.3, -0.25) is 19.3 Å². The molecule has 1 aromatic heterocycles. The molecule has 3 aromatic rings. The summed E-state index contributed by atoms with van der Waals surface area (Å²) in [4.78, 5) is 64.9. The van der Waals surface area contributed by atoms with Gasteiger partial charge in [0.15, 0.2) is 24.8 Å². The van der Waals surface area contributed by atoms with E-state index in [1.165, 1.54) is 4.90 Å². The summed E-state index contributed by atoms with van der Waals surface area (Å²) in [6.07, 6.45) is 2.67. The Morgan fingerprint density at radius 3 is 2.11 bits per heavy atom. The Hall–Kier alpha value is -4.25. The number of nitrogens with zero attached hydrogens (tertiary/aromatic N) is 1. The molecule has 1 N–H and O–H groups in total. The maximum Gasteiger partial charge on any atom is 0.411 e. The number of furan rings is 1. The summed E-state index contributed by atoms with van der Waals surface area (Å²) in [5, 5.41) is 4.42. The quantitative estimate of drug-likeness (QED) is 0.140. The van der Waals surface area contributed by atoms with Crippen LogP contribution in [0.15, 0.2) is 40.8 Å². The van der Waals surface area contributed by atoms with Crippen molar-refractivity contribution >= 4 is 51.5 Å².